The van der Waals surface area contributed by atoms with E-state index < -0.39 is 0 Å². The molecule has 0 bridgehead atoms. The average molecular weight is 335 g/mol. The Balaban J connectivity index is 2.13. The second-order valence-electron chi connectivity index (χ2n) is 4.59. The lowest BCUT2D eigenvalue weighted by Crippen LogP contribution is -2.42. The zero-order valence-electron chi connectivity index (χ0n) is 10.2. The maximum atomic E-state index is 12.5. The second kappa shape index (κ2) is 6.62. The van der Waals surface area contributed by atoms with Gasteiger partial charge in [-0.1, -0.05) is 19.3 Å². The summed E-state index contributed by atoms with van der Waals surface area (Å²) in [4.78, 5) is 14.4. The van der Waals surface area contributed by atoms with Gasteiger partial charge in [0.15, 0.2) is 4.67 Å². The summed E-state index contributed by atoms with van der Waals surface area (Å²) in [6, 6.07) is 2.03. The lowest BCUT2D eigenvalue weighted by atomic mass is 9.94. The van der Waals surface area contributed by atoms with Gasteiger partial charge in [-0.2, -0.15) is 0 Å². The molecule has 0 unspecified atom stereocenters. The average Bonchev–Trinajstić information content (AvgIpc) is 2.82. The van der Waals surface area contributed by atoms with Crippen LogP contribution in [0.4, 0.5) is 0 Å². The molecule has 0 spiro atoms. The molecule has 2 rings (SSSR count). The number of hydrogen-bond donors (Lipinski definition) is 0. The summed E-state index contributed by atoms with van der Waals surface area (Å²) < 4.78 is 5.64. The maximum absolute atomic E-state index is 12.5. The van der Waals surface area contributed by atoms with Crippen LogP contribution in [0.3, 0.4) is 0 Å². The molecule has 0 atom stereocenters. The van der Waals surface area contributed by atoms with Gasteiger partial charge < -0.3 is 9.32 Å². The van der Waals surface area contributed by atoms with E-state index in [1.54, 1.807) is 6.07 Å². The molecule has 0 saturated heterocycles. The fraction of sp³-hybridized carbons (Fsp3) is 0.615. The van der Waals surface area contributed by atoms with Gasteiger partial charge >= 0.3 is 0 Å². The summed E-state index contributed by atoms with van der Waals surface area (Å²) in [5.41, 5.74) is 0.589. The number of rotatable bonds is 4. The molecule has 0 aromatic carbocycles. The monoisotopic (exact) mass is 333 g/mol. The predicted octanol–water partition coefficient (Wildman–Crippen LogP) is 4.06. The molecule has 1 aliphatic rings. The van der Waals surface area contributed by atoms with Gasteiger partial charge in [-0.3, -0.25) is 4.79 Å². The highest BCUT2D eigenvalue weighted by atomic mass is 79.9. The van der Waals surface area contributed by atoms with Crippen LogP contribution in [-0.2, 0) is 0 Å². The van der Waals surface area contributed by atoms with Gasteiger partial charge in [0.05, 0.1) is 11.8 Å². The van der Waals surface area contributed by atoms with Gasteiger partial charge in [0.2, 0.25) is 0 Å². The van der Waals surface area contributed by atoms with Crippen LogP contribution in [0.1, 0.15) is 42.5 Å². The number of halogens is 2. The van der Waals surface area contributed by atoms with Crippen LogP contribution in [-0.4, -0.2) is 29.3 Å². The van der Waals surface area contributed by atoms with E-state index >= 15 is 0 Å². The van der Waals surface area contributed by atoms with Crippen molar-refractivity contribution in [1.82, 2.24) is 4.90 Å². The summed E-state index contributed by atoms with van der Waals surface area (Å²) in [6.45, 7) is 0.600. The maximum Gasteiger partial charge on any atom is 0.258 e. The van der Waals surface area contributed by atoms with E-state index in [1.165, 1.54) is 25.5 Å². The number of carbonyl (C=O) groups is 1. The Morgan fingerprint density at radius 1 is 1.44 bits per heavy atom. The fourth-order valence-electron chi connectivity index (χ4n) is 2.53. The quantitative estimate of drug-likeness (QED) is 0.778. The summed E-state index contributed by atoms with van der Waals surface area (Å²) in [7, 11) is 0. The van der Waals surface area contributed by atoms with E-state index in [4.69, 9.17) is 16.0 Å². The van der Waals surface area contributed by atoms with Crippen molar-refractivity contribution in [3.8, 4) is 0 Å². The molecule has 5 heteroatoms. The summed E-state index contributed by atoms with van der Waals surface area (Å²) >= 11 is 9.09. The minimum atomic E-state index is 0.0168. The van der Waals surface area contributed by atoms with Gasteiger partial charge in [-0.05, 0) is 34.8 Å². The van der Waals surface area contributed by atoms with Crippen LogP contribution < -0.4 is 0 Å². The van der Waals surface area contributed by atoms with Gasteiger partial charge in [0, 0.05) is 18.5 Å². The number of alkyl halides is 1. The molecule has 0 N–H and O–H groups in total. The Labute approximate surface area is 121 Å². The van der Waals surface area contributed by atoms with Crippen molar-refractivity contribution < 1.29 is 9.21 Å². The van der Waals surface area contributed by atoms with E-state index in [2.05, 4.69) is 15.9 Å². The predicted molar refractivity (Wildman–Crippen MR) is 75.0 cm³/mol. The smallest absolute Gasteiger partial charge is 0.258 e. The van der Waals surface area contributed by atoms with Crippen LogP contribution in [0, 0.1) is 0 Å². The molecular formula is C13H17BrClNO2. The first-order chi connectivity index (χ1) is 8.74. The first-order valence-corrected chi connectivity index (χ1v) is 7.66. The third-order valence-corrected chi connectivity index (χ3v) is 4.23. The minimum Gasteiger partial charge on any atom is -0.457 e. The molecular weight excluding hydrogens is 318 g/mol. The summed E-state index contributed by atoms with van der Waals surface area (Å²) in [5, 5.41) is 0. The Morgan fingerprint density at radius 3 is 2.72 bits per heavy atom. The summed E-state index contributed by atoms with van der Waals surface area (Å²) in [5.74, 6) is 0.487. The van der Waals surface area contributed by atoms with Crippen LogP contribution in [0.2, 0.25) is 0 Å². The van der Waals surface area contributed by atoms with Crippen molar-refractivity contribution in [1.29, 1.82) is 0 Å². The molecule has 1 aromatic heterocycles. The van der Waals surface area contributed by atoms with E-state index in [0.717, 1.165) is 12.8 Å². The molecule has 1 fully saturated rings. The second-order valence-corrected chi connectivity index (χ2v) is 5.69. The first-order valence-electron chi connectivity index (χ1n) is 6.34. The van der Waals surface area contributed by atoms with E-state index in [-0.39, 0.29) is 5.91 Å². The highest BCUT2D eigenvalue weighted by Crippen LogP contribution is 2.26. The van der Waals surface area contributed by atoms with Crippen molar-refractivity contribution in [2.75, 3.05) is 12.4 Å². The van der Waals surface area contributed by atoms with Gasteiger partial charge in [-0.15, -0.1) is 11.6 Å². The SMILES string of the molecule is O=C(c1ccoc1Br)N(CCCl)C1CCCCC1. The number of hydrogen-bond acceptors (Lipinski definition) is 2. The summed E-state index contributed by atoms with van der Waals surface area (Å²) in [6.07, 6.45) is 7.36. The van der Waals surface area contributed by atoms with Crippen molar-refractivity contribution in [3.05, 3.63) is 22.6 Å². The van der Waals surface area contributed by atoms with Crippen LogP contribution >= 0.6 is 27.5 Å². The zero-order chi connectivity index (χ0) is 13.0. The van der Waals surface area contributed by atoms with Gasteiger partial charge in [0.1, 0.15) is 0 Å². The van der Waals surface area contributed by atoms with Crippen molar-refractivity contribution >= 4 is 33.4 Å². The molecule has 0 radical (unpaired) electrons. The Bertz CT molecular complexity index is 401. The van der Waals surface area contributed by atoms with Crippen molar-refractivity contribution in [2.24, 2.45) is 0 Å². The highest BCUT2D eigenvalue weighted by molar-refractivity contribution is 9.10. The molecule has 1 aromatic rings. The number of furan rings is 1. The van der Waals surface area contributed by atoms with Crippen molar-refractivity contribution in [3.63, 3.8) is 0 Å². The molecule has 1 saturated carbocycles. The van der Waals surface area contributed by atoms with Crippen molar-refractivity contribution in [2.45, 2.75) is 38.1 Å². The number of carbonyl (C=O) groups excluding carboxylic acids is 1. The molecule has 100 valence electrons. The lowest BCUT2D eigenvalue weighted by molar-refractivity contribution is 0.0647. The third-order valence-electron chi connectivity index (χ3n) is 3.45. The number of nitrogens with zero attached hydrogens (tertiary/aromatic N) is 1. The van der Waals surface area contributed by atoms with Crippen LogP contribution in [0.15, 0.2) is 21.4 Å². The molecule has 1 aliphatic carbocycles. The molecule has 1 heterocycles. The van der Waals surface area contributed by atoms with E-state index in [0.29, 0.717) is 28.7 Å². The Kier molecular flexibility index (Phi) is 5.13. The molecule has 1 amide bonds. The van der Waals surface area contributed by atoms with Gasteiger partial charge in [-0.25, -0.2) is 0 Å². The Hall–Kier alpha value is -0.480. The molecule has 18 heavy (non-hydrogen) atoms. The molecule has 3 nitrogen and oxygen atoms in total. The van der Waals surface area contributed by atoms with E-state index in [1.807, 2.05) is 4.90 Å². The lowest BCUT2D eigenvalue weighted by Gasteiger charge is -2.33. The van der Waals surface area contributed by atoms with E-state index in [9.17, 15) is 4.79 Å². The van der Waals surface area contributed by atoms with Crippen LogP contribution in [0.5, 0.6) is 0 Å². The topological polar surface area (TPSA) is 33.5 Å². The largest absolute Gasteiger partial charge is 0.457 e. The number of amides is 1. The standard InChI is InChI=1S/C13H17BrClNO2/c14-12-11(6-9-18-12)13(17)16(8-7-15)10-4-2-1-3-5-10/h6,9-10H,1-5,7-8H2. The normalized spacial score (nSPS) is 16.8. The van der Waals surface area contributed by atoms with Crippen LogP contribution in [0.25, 0.3) is 0 Å². The first kappa shape index (κ1) is 13.9. The Morgan fingerprint density at radius 2 is 2.17 bits per heavy atom. The fourth-order valence-corrected chi connectivity index (χ4v) is 3.13. The third kappa shape index (κ3) is 3.09. The van der Waals surface area contributed by atoms with Gasteiger partial charge in [0.25, 0.3) is 5.91 Å². The highest BCUT2D eigenvalue weighted by Gasteiger charge is 2.27. The minimum absolute atomic E-state index is 0.0168. The zero-order valence-corrected chi connectivity index (χ0v) is 12.5. The molecule has 0 aliphatic heterocycles.